The van der Waals surface area contributed by atoms with E-state index in [1.807, 2.05) is 11.8 Å². The van der Waals surface area contributed by atoms with Crippen LogP contribution in [0.2, 0.25) is 0 Å². The zero-order valence-electron chi connectivity index (χ0n) is 22.5. The van der Waals surface area contributed by atoms with Crippen molar-refractivity contribution in [2.24, 2.45) is 22.7 Å². The van der Waals surface area contributed by atoms with Crippen LogP contribution in [-0.4, -0.2) is 73.2 Å². The fourth-order valence-corrected chi connectivity index (χ4v) is 7.22. The first kappa shape index (κ1) is 27.5. The van der Waals surface area contributed by atoms with E-state index in [1.54, 1.807) is 18.2 Å². The Morgan fingerprint density at radius 3 is 2.30 bits per heavy atom. The van der Waals surface area contributed by atoms with Crippen molar-refractivity contribution in [1.29, 1.82) is 0 Å². The Balaban J connectivity index is 1.49. The lowest BCUT2D eigenvalue weighted by Crippen LogP contribution is -2.61. The average Bonchev–Trinajstić information content (AvgIpc) is 3.43. The molecule has 1 aromatic carbocycles. The third-order valence-electron chi connectivity index (χ3n) is 9.38. The Bertz CT molecular complexity index is 959. The molecule has 0 aromatic heterocycles. The number of rotatable bonds is 7. The van der Waals surface area contributed by atoms with Crippen LogP contribution >= 0.6 is 0 Å². The van der Waals surface area contributed by atoms with Gasteiger partial charge in [0.15, 0.2) is 0 Å². The molecule has 9 nitrogen and oxygen atoms in total. The fraction of sp³-hybridized carbons (Fsp3) is 0.714. The molecule has 206 valence electrons. The molecule has 3 aliphatic rings. The fourth-order valence-electron chi connectivity index (χ4n) is 7.22. The lowest BCUT2D eigenvalue weighted by molar-refractivity contribution is -0.186. The summed E-state index contributed by atoms with van der Waals surface area (Å²) in [6, 6.07) is 5.07. The number of carbonyl (C=O) groups is 2. The first-order valence-corrected chi connectivity index (χ1v) is 13.4. The first-order chi connectivity index (χ1) is 17.6. The predicted octanol–water partition coefficient (Wildman–Crippen LogP) is 3.82. The zero-order valence-corrected chi connectivity index (χ0v) is 22.5. The van der Waals surface area contributed by atoms with Gasteiger partial charge in [-0.2, -0.15) is 0 Å². The average molecular weight is 519 g/mol. The second-order valence-electron chi connectivity index (χ2n) is 11.4. The molecule has 6 atom stereocenters. The van der Waals surface area contributed by atoms with Gasteiger partial charge in [0, 0.05) is 43.1 Å². The van der Waals surface area contributed by atoms with Gasteiger partial charge in [0.25, 0.3) is 0 Å². The molecule has 1 aliphatic heterocycles. The van der Waals surface area contributed by atoms with E-state index >= 15 is 0 Å². The monoisotopic (exact) mass is 518 g/mol. The molecule has 37 heavy (non-hydrogen) atoms. The van der Waals surface area contributed by atoms with Gasteiger partial charge in [0.2, 0.25) is 5.91 Å². The number of nitrogens with zero attached hydrogens (tertiary/aromatic N) is 1. The summed E-state index contributed by atoms with van der Waals surface area (Å²) in [5.74, 6) is 0.996. The zero-order chi connectivity index (χ0) is 26.8. The molecule has 1 saturated heterocycles. The number of nitrogens with one attached hydrogen (secondary N) is 1. The minimum atomic E-state index is -0.703. The number of methoxy groups -OCH3 is 2. The van der Waals surface area contributed by atoms with Gasteiger partial charge in [-0.25, -0.2) is 4.79 Å². The molecule has 3 fully saturated rings. The normalized spacial score (nSPS) is 33.4. The number of hydrogen-bond donors (Lipinski definition) is 3. The second kappa shape index (κ2) is 11.1. The number of carbonyl (C=O) groups excluding carboxylic acids is 2. The maximum atomic E-state index is 13.1. The molecule has 9 heteroatoms. The van der Waals surface area contributed by atoms with E-state index in [1.165, 1.54) is 14.2 Å². The smallest absolute Gasteiger partial charge is 0.411 e. The molecule has 4 rings (SSSR count). The van der Waals surface area contributed by atoms with Gasteiger partial charge >= 0.3 is 6.09 Å². The molecular formula is C28H42N2O7. The van der Waals surface area contributed by atoms with Crippen molar-refractivity contribution in [3.8, 4) is 11.5 Å². The van der Waals surface area contributed by atoms with Gasteiger partial charge in [-0.3, -0.25) is 10.1 Å². The number of fused-ring (bicyclic) bond motifs is 1. The van der Waals surface area contributed by atoms with E-state index in [4.69, 9.17) is 14.2 Å². The van der Waals surface area contributed by atoms with Crippen molar-refractivity contribution in [2.75, 3.05) is 39.2 Å². The van der Waals surface area contributed by atoms with E-state index < -0.39 is 23.7 Å². The number of amides is 2. The molecular weight excluding hydrogens is 476 g/mol. The first-order valence-electron chi connectivity index (χ1n) is 13.4. The predicted molar refractivity (Wildman–Crippen MR) is 139 cm³/mol. The van der Waals surface area contributed by atoms with Crippen LogP contribution in [-0.2, 0) is 9.53 Å². The highest BCUT2D eigenvalue weighted by Crippen LogP contribution is 2.61. The van der Waals surface area contributed by atoms with Gasteiger partial charge in [-0.05, 0) is 55.8 Å². The Morgan fingerprint density at radius 1 is 1.05 bits per heavy atom. The summed E-state index contributed by atoms with van der Waals surface area (Å²) in [5.41, 5.74) is -0.569. The Hall–Kier alpha value is -2.52. The lowest BCUT2D eigenvalue weighted by Gasteiger charge is -2.60. The van der Waals surface area contributed by atoms with Crippen LogP contribution in [0.25, 0.3) is 0 Å². The molecule has 0 spiro atoms. The third-order valence-corrected chi connectivity index (χ3v) is 9.38. The maximum Gasteiger partial charge on any atom is 0.411 e. The summed E-state index contributed by atoms with van der Waals surface area (Å²) in [5, 5.41) is 24.4. The molecule has 0 bridgehead atoms. The van der Waals surface area contributed by atoms with E-state index in [9.17, 15) is 19.8 Å². The quantitative estimate of drug-likeness (QED) is 0.502. The van der Waals surface area contributed by atoms with Crippen molar-refractivity contribution in [2.45, 2.75) is 71.0 Å². The van der Waals surface area contributed by atoms with Gasteiger partial charge in [0.1, 0.15) is 17.6 Å². The minimum Gasteiger partial charge on any atom is -0.497 e. The van der Waals surface area contributed by atoms with Crippen LogP contribution in [0, 0.1) is 22.7 Å². The van der Waals surface area contributed by atoms with Gasteiger partial charge < -0.3 is 29.3 Å². The van der Waals surface area contributed by atoms with Crippen LogP contribution < -0.4 is 14.8 Å². The molecule has 2 aliphatic carbocycles. The maximum absolute atomic E-state index is 13.1. The van der Waals surface area contributed by atoms with Gasteiger partial charge in [-0.15, -0.1) is 0 Å². The molecule has 1 aromatic rings. The molecule has 1 heterocycles. The van der Waals surface area contributed by atoms with E-state index in [2.05, 4.69) is 12.2 Å². The largest absolute Gasteiger partial charge is 0.497 e. The van der Waals surface area contributed by atoms with Gasteiger partial charge in [-0.1, -0.05) is 13.8 Å². The highest BCUT2D eigenvalue weighted by molar-refractivity contribution is 5.85. The number of likely N-dealkylation sites (tertiary alicyclic amines) is 1. The van der Waals surface area contributed by atoms with Crippen LogP contribution in [0.15, 0.2) is 18.2 Å². The standard InChI is InChI=1S/C28H42N2O7/c1-27-10-9-24(37-26(34)29-18-13-19(35-3)15-20(14-18)36-4)28(2,17-31)23(27)8-7-22(32)21(27)16-25(33)30-11-5-6-12-30/h13-15,21-24,31-32H,5-12,16-17H2,1-4H3,(H,29,34)/t21-,22-,23-,24-,27+,28+/m1/s1. The summed E-state index contributed by atoms with van der Waals surface area (Å²) < 4.78 is 16.5. The topological polar surface area (TPSA) is 118 Å². The van der Waals surface area contributed by atoms with Crippen LogP contribution in [0.3, 0.4) is 0 Å². The minimum absolute atomic E-state index is 0.00626. The van der Waals surface area contributed by atoms with E-state index in [0.717, 1.165) is 25.9 Å². The van der Waals surface area contributed by atoms with E-state index in [-0.39, 0.29) is 29.8 Å². The number of benzene rings is 1. The number of aliphatic hydroxyl groups is 2. The highest BCUT2D eigenvalue weighted by atomic mass is 16.6. The lowest BCUT2D eigenvalue weighted by atomic mass is 9.46. The Morgan fingerprint density at radius 2 is 1.70 bits per heavy atom. The number of hydrogen-bond acceptors (Lipinski definition) is 7. The third kappa shape index (κ3) is 5.39. The summed E-state index contributed by atoms with van der Waals surface area (Å²) in [6.07, 6.45) is 3.23. The van der Waals surface area contributed by atoms with Crippen molar-refractivity contribution in [3.63, 3.8) is 0 Å². The van der Waals surface area contributed by atoms with Crippen molar-refractivity contribution >= 4 is 17.7 Å². The van der Waals surface area contributed by atoms with Crippen LogP contribution in [0.4, 0.5) is 10.5 Å². The molecule has 2 amide bonds. The molecule has 0 radical (unpaired) electrons. The summed E-state index contributed by atoms with van der Waals surface area (Å²) in [7, 11) is 3.07. The van der Waals surface area contributed by atoms with E-state index in [0.29, 0.717) is 49.3 Å². The Kier molecular flexibility index (Phi) is 8.23. The molecule has 2 saturated carbocycles. The van der Waals surface area contributed by atoms with Crippen molar-refractivity contribution in [1.82, 2.24) is 4.90 Å². The summed E-state index contributed by atoms with van der Waals surface area (Å²) >= 11 is 0. The van der Waals surface area contributed by atoms with Crippen LogP contribution in [0.5, 0.6) is 11.5 Å². The molecule has 3 N–H and O–H groups in total. The summed E-state index contributed by atoms with van der Waals surface area (Å²) in [6.45, 7) is 5.55. The number of ether oxygens (including phenoxy) is 3. The highest BCUT2D eigenvalue weighted by Gasteiger charge is 2.60. The number of aliphatic hydroxyl groups excluding tert-OH is 2. The molecule has 0 unspecified atom stereocenters. The number of anilines is 1. The van der Waals surface area contributed by atoms with Crippen molar-refractivity contribution < 1.29 is 34.0 Å². The van der Waals surface area contributed by atoms with Crippen LogP contribution in [0.1, 0.15) is 58.8 Å². The van der Waals surface area contributed by atoms with Gasteiger partial charge in [0.05, 0.1) is 32.6 Å². The SMILES string of the molecule is COc1cc(NC(=O)O[C@@H]2CC[C@]3(C)[C@@H](CC[C@@H](O)[C@H]3CC(=O)N3CCCC3)[C@]2(C)CO)cc(OC)c1. The summed E-state index contributed by atoms with van der Waals surface area (Å²) in [4.78, 5) is 27.9. The second-order valence-corrected chi connectivity index (χ2v) is 11.4. The Labute approximate surface area is 219 Å². The van der Waals surface area contributed by atoms with Crippen molar-refractivity contribution in [3.05, 3.63) is 18.2 Å².